The van der Waals surface area contributed by atoms with E-state index in [0.29, 0.717) is 13.0 Å². The Hall–Kier alpha value is -2.82. The molecule has 0 aromatic heterocycles. The summed E-state index contributed by atoms with van der Waals surface area (Å²) in [5.41, 5.74) is 3.73. The maximum absolute atomic E-state index is 11.8. The van der Waals surface area contributed by atoms with Crippen molar-refractivity contribution >= 4 is 17.7 Å². The summed E-state index contributed by atoms with van der Waals surface area (Å²) in [4.78, 5) is 22.7. The molecule has 0 saturated heterocycles. The number of rotatable bonds is 7. The molecule has 0 radical (unpaired) electrons. The third kappa shape index (κ3) is 5.64. The van der Waals surface area contributed by atoms with E-state index in [4.69, 9.17) is 5.11 Å². The first-order chi connectivity index (χ1) is 12.0. The lowest BCUT2D eigenvalue weighted by molar-refractivity contribution is -0.141. The Morgan fingerprint density at radius 3 is 2.44 bits per heavy atom. The number of hydrogen-bond donors (Lipinski definition) is 3. The van der Waals surface area contributed by atoms with E-state index < -0.39 is 11.9 Å². The zero-order valence-electron chi connectivity index (χ0n) is 14.6. The average Bonchev–Trinajstić information content (AvgIpc) is 2.60. The number of hydrogen-bond acceptors (Lipinski definition) is 2. The van der Waals surface area contributed by atoms with Crippen molar-refractivity contribution in [3.8, 4) is 11.1 Å². The van der Waals surface area contributed by atoms with Crippen LogP contribution in [0.4, 0.5) is 10.5 Å². The largest absolute Gasteiger partial charge is 0.481 e. The summed E-state index contributed by atoms with van der Waals surface area (Å²) in [5.74, 6) is -1.19. The van der Waals surface area contributed by atoms with Gasteiger partial charge in [-0.15, -0.1) is 0 Å². The van der Waals surface area contributed by atoms with E-state index in [1.54, 1.807) is 6.92 Å². The molecule has 2 amide bonds. The molecule has 0 aliphatic rings. The zero-order chi connectivity index (χ0) is 18.2. The van der Waals surface area contributed by atoms with Gasteiger partial charge in [0.25, 0.3) is 0 Å². The number of carbonyl (C=O) groups is 2. The lowest BCUT2D eigenvalue weighted by Gasteiger charge is -2.10. The first-order valence-corrected chi connectivity index (χ1v) is 8.46. The zero-order valence-corrected chi connectivity index (χ0v) is 14.6. The van der Waals surface area contributed by atoms with E-state index in [1.807, 2.05) is 55.5 Å². The second-order valence-electron chi connectivity index (χ2n) is 6.10. The normalized spacial score (nSPS) is 11.6. The molecule has 0 aliphatic carbocycles. The Morgan fingerprint density at radius 2 is 1.80 bits per heavy atom. The Bertz CT molecular complexity index is 726. The number of benzene rings is 2. The van der Waals surface area contributed by atoms with Crippen LogP contribution in [0.5, 0.6) is 0 Å². The summed E-state index contributed by atoms with van der Waals surface area (Å²) >= 11 is 0. The van der Waals surface area contributed by atoms with Gasteiger partial charge in [0.1, 0.15) is 0 Å². The SMILES string of the molecule is CCCNC(=O)Nc1cccc(-c2ccc(CC(C)C(=O)O)cc2)c1. The Balaban J connectivity index is 2.07. The highest BCUT2D eigenvalue weighted by Crippen LogP contribution is 2.23. The molecular formula is C20H24N2O3. The molecule has 0 spiro atoms. The third-order valence-corrected chi connectivity index (χ3v) is 3.91. The smallest absolute Gasteiger partial charge is 0.319 e. The number of aliphatic carboxylic acids is 1. The van der Waals surface area contributed by atoms with Crippen LogP contribution in [0.2, 0.25) is 0 Å². The van der Waals surface area contributed by atoms with E-state index in [2.05, 4.69) is 10.6 Å². The molecule has 132 valence electrons. The van der Waals surface area contributed by atoms with Crippen molar-refractivity contribution in [1.29, 1.82) is 0 Å². The van der Waals surface area contributed by atoms with Gasteiger partial charge in [-0.1, -0.05) is 50.2 Å². The average molecular weight is 340 g/mol. The fourth-order valence-corrected chi connectivity index (χ4v) is 2.46. The number of urea groups is 1. The Morgan fingerprint density at radius 1 is 1.08 bits per heavy atom. The Labute approximate surface area is 148 Å². The van der Waals surface area contributed by atoms with Gasteiger partial charge < -0.3 is 15.7 Å². The molecule has 0 heterocycles. The summed E-state index contributed by atoms with van der Waals surface area (Å²) < 4.78 is 0. The summed E-state index contributed by atoms with van der Waals surface area (Å²) in [6, 6.07) is 15.3. The van der Waals surface area contributed by atoms with Gasteiger partial charge in [0.15, 0.2) is 0 Å². The minimum atomic E-state index is -0.788. The molecule has 2 rings (SSSR count). The number of carboxylic acids is 1. The predicted molar refractivity (Wildman–Crippen MR) is 99.7 cm³/mol. The van der Waals surface area contributed by atoms with E-state index in [9.17, 15) is 9.59 Å². The maximum Gasteiger partial charge on any atom is 0.319 e. The standard InChI is InChI=1S/C20H24N2O3/c1-3-11-21-20(25)22-18-6-4-5-17(13-18)16-9-7-15(8-10-16)12-14(2)19(23)24/h4-10,13-14H,3,11-12H2,1-2H3,(H,23,24)(H2,21,22,25). The van der Waals surface area contributed by atoms with Gasteiger partial charge in [-0.25, -0.2) is 4.79 Å². The van der Waals surface area contributed by atoms with Crippen LogP contribution in [0, 0.1) is 5.92 Å². The fraction of sp³-hybridized carbons (Fsp3) is 0.300. The van der Waals surface area contributed by atoms with Crippen LogP contribution in [0.1, 0.15) is 25.8 Å². The van der Waals surface area contributed by atoms with Crippen molar-refractivity contribution in [1.82, 2.24) is 5.32 Å². The van der Waals surface area contributed by atoms with Crippen molar-refractivity contribution in [2.24, 2.45) is 5.92 Å². The second kappa shape index (κ2) is 8.87. The van der Waals surface area contributed by atoms with Gasteiger partial charge in [0, 0.05) is 12.2 Å². The first kappa shape index (κ1) is 18.5. The number of anilines is 1. The van der Waals surface area contributed by atoms with Crippen LogP contribution in [0.25, 0.3) is 11.1 Å². The highest BCUT2D eigenvalue weighted by atomic mass is 16.4. The molecule has 2 aromatic carbocycles. The van der Waals surface area contributed by atoms with E-state index in [-0.39, 0.29) is 6.03 Å². The molecule has 0 aliphatic heterocycles. The highest BCUT2D eigenvalue weighted by Gasteiger charge is 2.11. The van der Waals surface area contributed by atoms with Crippen molar-refractivity contribution < 1.29 is 14.7 Å². The minimum absolute atomic E-state index is 0.211. The van der Waals surface area contributed by atoms with Crippen LogP contribution in [-0.2, 0) is 11.2 Å². The fourth-order valence-electron chi connectivity index (χ4n) is 2.46. The van der Waals surface area contributed by atoms with E-state index in [1.165, 1.54) is 0 Å². The van der Waals surface area contributed by atoms with Gasteiger partial charge in [0.2, 0.25) is 0 Å². The molecule has 2 aromatic rings. The van der Waals surface area contributed by atoms with Crippen molar-refractivity contribution in [3.05, 3.63) is 54.1 Å². The number of nitrogens with one attached hydrogen (secondary N) is 2. The molecule has 25 heavy (non-hydrogen) atoms. The number of carboxylic acid groups (broad SMARTS) is 1. The molecule has 5 heteroatoms. The summed E-state index contributed by atoms with van der Waals surface area (Å²) in [6.45, 7) is 4.35. The first-order valence-electron chi connectivity index (χ1n) is 8.46. The summed E-state index contributed by atoms with van der Waals surface area (Å²) in [5, 5.41) is 14.6. The summed E-state index contributed by atoms with van der Waals surface area (Å²) in [6.07, 6.45) is 1.40. The maximum atomic E-state index is 11.8. The molecule has 1 atom stereocenters. The molecule has 0 saturated carbocycles. The molecule has 0 fully saturated rings. The third-order valence-electron chi connectivity index (χ3n) is 3.91. The van der Waals surface area contributed by atoms with Crippen LogP contribution >= 0.6 is 0 Å². The highest BCUT2D eigenvalue weighted by molar-refractivity contribution is 5.90. The van der Waals surface area contributed by atoms with Crippen molar-refractivity contribution in [3.63, 3.8) is 0 Å². The van der Waals surface area contributed by atoms with Gasteiger partial charge >= 0.3 is 12.0 Å². The summed E-state index contributed by atoms with van der Waals surface area (Å²) in [7, 11) is 0. The van der Waals surface area contributed by atoms with Crippen molar-refractivity contribution in [2.45, 2.75) is 26.7 Å². The molecule has 5 nitrogen and oxygen atoms in total. The lowest BCUT2D eigenvalue weighted by Crippen LogP contribution is -2.29. The van der Waals surface area contributed by atoms with Crippen LogP contribution in [-0.4, -0.2) is 23.7 Å². The van der Waals surface area contributed by atoms with Crippen molar-refractivity contribution in [2.75, 3.05) is 11.9 Å². The second-order valence-corrected chi connectivity index (χ2v) is 6.10. The van der Waals surface area contributed by atoms with E-state index in [0.717, 1.165) is 28.8 Å². The van der Waals surface area contributed by atoms with Crippen LogP contribution in [0.15, 0.2) is 48.5 Å². The molecule has 0 bridgehead atoms. The number of carbonyl (C=O) groups excluding carboxylic acids is 1. The van der Waals surface area contributed by atoms with Crippen LogP contribution in [0.3, 0.4) is 0 Å². The predicted octanol–water partition coefficient (Wildman–Crippen LogP) is 4.15. The van der Waals surface area contributed by atoms with Gasteiger partial charge in [0.05, 0.1) is 5.92 Å². The lowest BCUT2D eigenvalue weighted by atomic mass is 9.98. The van der Waals surface area contributed by atoms with Crippen LogP contribution < -0.4 is 10.6 Å². The molecular weight excluding hydrogens is 316 g/mol. The van der Waals surface area contributed by atoms with Gasteiger partial charge in [-0.3, -0.25) is 4.79 Å². The monoisotopic (exact) mass is 340 g/mol. The number of amides is 2. The quantitative estimate of drug-likeness (QED) is 0.708. The topological polar surface area (TPSA) is 78.4 Å². The molecule has 1 unspecified atom stereocenters. The van der Waals surface area contributed by atoms with Gasteiger partial charge in [-0.05, 0) is 41.7 Å². The Kier molecular flexibility index (Phi) is 6.57. The van der Waals surface area contributed by atoms with Gasteiger partial charge in [-0.2, -0.15) is 0 Å². The minimum Gasteiger partial charge on any atom is -0.481 e. The van der Waals surface area contributed by atoms with E-state index >= 15 is 0 Å². The molecule has 3 N–H and O–H groups in total.